The lowest BCUT2D eigenvalue weighted by Gasteiger charge is -2.30. The molecule has 2 rings (SSSR count). The Morgan fingerprint density at radius 2 is 0.865 bits per heavy atom. The Hall–Kier alpha value is -4.08. The number of hydrogen-bond donors (Lipinski definition) is 6. The van der Waals surface area contributed by atoms with Crippen LogP contribution in [0.2, 0.25) is 0 Å². The number of benzene rings is 2. The SMILES string of the molecule is CCCCCCCCc1cccc(O)c1C(=O)NNC(=O)C(CC)(CCCCCCC)C(=O)NNC(=O)c1c(O)cccc1CCCCCCCC. The van der Waals surface area contributed by atoms with Gasteiger partial charge < -0.3 is 10.2 Å². The fourth-order valence-corrected chi connectivity index (χ4v) is 6.76. The van der Waals surface area contributed by atoms with Crippen molar-refractivity contribution >= 4 is 23.6 Å². The Balaban J connectivity index is 2.18. The minimum atomic E-state index is -1.62. The number of phenols is 2. The van der Waals surface area contributed by atoms with E-state index in [4.69, 9.17) is 0 Å². The van der Waals surface area contributed by atoms with E-state index in [-0.39, 0.29) is 35.5 Å². The van der Waals surface area contributed by atoms with Gasteiger partial charge in [-0.1, -0.05) is 148 Å². The number of unbranched alkanes of at least 4 members (excludes halogenated alkanes) is 14. The minimum Gasteiger partial charge on any atom is -0.507 e. The molecule has 6 N–H and O–H groups in total. The third kappa shape index (κ3) is 14.2. The second kappa shape index (κ2) is 25.0. The molecule has 0 aliphatic carbocycles. The van der Waals surface area contributed by atoms with E-state index in [2.05, 4.69) is 42.5 Å². The number of amides is 4. The molecule has 0 heterocycles. The maximum atomic E-state index is 13.9. The van der Waals surface area contributed by atoms with Gasteiger partial charge in [0, 0.05) is 0 Å². The summed E-state index contributed by atoms with van der Waals surface area (Å²) in [5.74, 6) is -3.16. The summed E-state index contributed by atoms with van der Waals surface area (Å²) in [7, 11) is 0. The van der Waals surface area contributed by atoms with E-state index < -0.39 is 29.0 Å². The van der Waals surface area contributed by atoms with Crippen LogP contribution in [-0.4, -0.2) is 33.8 Å². The molecule has 4 amide bonds. The van der Waals surface area contributed by atoms with Crippen molar-refractivity contribution in [1.82, 2.24) is 21.7 Å². The van der Waals surface area contributed by atoms with Gasteiger partial charge in [-0.15, -0.1) is 0 Å². The standard InChI is InChI=1S/C42H66N4O6/c1-5-9-12-15-17-20-25-32-27-23-29-34(47)36(32)38(49)43-45-40(51)42(8-4,31-22-19-14-11-7-3)41(52)46-44-39(50)37-33(28-24-30-35(37)48)26-21-18-16-13-10-6-2/h23-24,27-30,47-48H,5-22,25-26,31H2,1-4H3,(H,43,49)(H,44,50)(H,45,51)(H,46,52). The van der Waals surface area contributed by atoms with E-state index in [9.17, 15) is 29.4 Å². The molecule has 290 valence electrons. The first-order valence-electron chi connectivity index (χ1n) is 20.0. The summed E-state index contributed by atoms with van der Waals surface area (Å²) >= 11 is 0. The average molecular weight is 723 g/mol. The Kier molecular flexibility index (Phi) is 21.2. The fourth-order valence-electron chi connectivity index (χ4n) is 6.76. The summed E-state index contributed by atoms with van der Waals surface area (Å²) in [5, 5.41) is 21.3. The molecule has 0 unspecified atom stereocenters. The zero-order valence-electron chi connectivity index (χ0n) is 32.3. The number of rotatable bonds is 25. The topological polar surface area (TPSA) is 157 Å². The van der Waals surface area contributed by atoms with Crippen LogP contribution in [-0.2, 0) is 22.4 Å². The third-order valence-corrected chi connectivity index (χ3v) is 10.1. The van der Waals surface area contributed by atoms with Crippen LogP contribution in [0.1, 0.15) is 182 Å². The first-order chi connectivity index (χ1) is 25.2. The molecule has 0 bridgehead atoms. The Labute approximate surface area is 312 Å². The van der Waals surface area contributed by atoms with Gasteiger partial charge in [-0.05, 0) is 61.8 Å². The summed E-state index contributed by atoms with van der Waals surface area (Å²) in [4.78, 5) is 54.6. The number of carbonyl (C=O) groups is 4. The summed E-state index contributed by atoms with van der Waals surface area (Å²) in [6, 6.07) is 9.87. The molecule has 0 saturated heterocycles. The summed E-state index contributed by atoms with van der Waals surface area (Å²) in [6.07, 6.45) is 18.9. The van der Waals surface area contributed by atoms with Gasteiger partial charge in [-0.2, -0.15) is 0 Å². The van der Waals surface area contributed by atoms with Crippen LogP contribution in [0.5, 0.6) is 11.5 Å². The first-order valence-corrected chi connectivity index (χ1v) is 20.0. The lowest BCUT2D eigenvalue weighted by Crippen LogP contribution is -2.58. The normalized spacial score (nSPS) is 11.2. The van der Waals surface area contributed by atoms with Crippen molar-refractivity contribution < 1.29 is 29.4 Å². The summed E-state index contributed by atoms with van der Waals surface area (Å²) < 4.78 is 0. The molecule has 2 aromatic carbocycles. The average Bonchev–Trinajstić information content (AvgIpc) is 3.14. The van der Waals surface area contributed by atoms with Crippen molar-refractivity contribution in [3.63, 3.8) is 0 Å². The van der Waals surface area contributed by atoms with Crippen molar-refractivity contribution in [1.29, 1.82) is 0 Å². The van der Waals surface area contributed by atoms with Crippen LogP contribution < -0.4 is 21.7 Å². The van der Waals surface area contributed by atoms with E-state index in [0.717, 1.165) is 77.0 Å². The third-order valence-electron chi connectivity index (χ3n) is 10.1. The van der Waals surface area contributed by atoms with Crippen molar-refractivity contribution in [3.05, 3.63) is 58.7 Å². The van der Waals surface area contributed by atoms with Gasteiger partial charge >= 0.3 is 0 Å². The molecule has 2 aromatic rings. The molecule has 0 fully saturated rings. The maximum absolute atomic E-state index is 13.9. The lowest BCUT2D eigenvalue weighted by molar-refractivity contribution is -0.145. The predicted octanol–water partition coefficient (Wildman–Crippen LogP) is 8.88. The van der Waals surface area contributed by atoms with Gasteiger partial charge in [0.15, 0.2) is 0 Å². The fraction of sp³-hybridized carbons (Fsp3) is 0.619. The molecule has 10 nitrogen and oxygen atoms in total. The molecule has 0 aromatic heterocycles. The number of carbonyl (C=O) groups excluding carboxylic acids is 4. The Bertz CT molecular complexity index is 1300. The minimum absolute atomic E-state index is 0.0918. The van der Waals surface area contributed by atoms with Crippen LogP contribution >= 0.6 is 0 Å². The van der Waals surface area contributed by atoms with E-state index in [1.54, 1.807) is 31.2 Å². The van der Waals surface area contributed by atoms with Crippen molar-refractivity contribution in [2.24, 2.45) is 5.41 Å². The van der Waals surface area contributed by atoms with Crippen LogP contribution in [0, 0.1) is 5.41 Å². The molecule has 52 heavy (non-hydrogen) atoms. The summed E-state index contributed by atoms with van der Waals surface area (Å²) in [5.41, 5.74) is 9.75. The highest BCUT2D eigenvalue weighted by molar-refractivity contribution is 6.07. The molecule has 0 saturated carbocycles. The van der Waals surface area contributed by atoms with E-state index in [0.29, 0.717) is 30.4 Å². The van der Waals surface area contributed by atoms with E-state index >= 15 is 0 Å². The predicted molar refractivity (Wildman–Crippen MR) is 208 cm³/mol. The monoisotopic (exact) mass is 722 g/mol. The molecule has 0 radical (unpaired) electrons. The van der Waals surface area contributed by atoms with Crippen LogP contribution in [0.4, 0.5) is 0 Å². The van der Waals surface area contributed by atoms with E-state index in [1.807, 2.05) is 0 Å². The molecule has 0 atom stereocenters. The smallest absolute Gasteiger partial charge is 0.273 e. The Morgan fingerprint density at radius 3 is 1.25 bits per heavy atom. The molecule has 10 heteroatoms. The van der Waals surface area contributed by atoms with Gasteiger partial charge in [0.2, 0.25) is 0 Å². The van der Waals surface area contributed by atoms with Gasteiger partial charge in [-0.3, -0.25) is 40.9 Å². The molecular formula is C42H66N4O6. The number of hydrogen-bond acceptors (Lipinski definition) is 6. The number of phenolic OH excluding ortho intramolecular Hbond substituents is 2. The van der Waals surface area contributed by atoms with Crippen LogP contribution in [0.3, 0.4) is 0 Å². The second-order valence-corrected chi connectivity index (χ2v) is 14.1. The lowest BCUT2D eigenvalue weighted by atomic mass is 9.78. The molecular weight excluding hydrogens is 656 g/mol. The molecule has 0 aliphatic heterocycles. The second-order valence-electron chi connectivity index (χ2n) is 14.1. The van der Waals surface area contributed by atoms with Gasteiger partial charge in [0.25, 0.3) is 23.6 Å². The number of nitrogens with one attached hydrogen (secondary N) is 4. The number of hydrazine groups is 2. The maximum Gasteiger partial charge on any atom is 0.273 e. The zero-order valence-corrected chi connectivity index (χ0v) is 32.3. The largest absolute Gasteiger partial charge is 0.507 e. The molecule has 0 aliphatic rings. The number of aryl methyl sites for hydroxylation is 2. The highest BCUT2D eigenvalue weighted by atomic mass is 16.3. The highest BCUT2D eigenvalue weighted by Crippen LogP contribution is 2.31. The number of aromatic hydroxyl groups is 2. The van der Waals surface area contributed by atoms with Crippen LogP contribution in [0.15, 0.2) is 36.4 Å². The van der Waals surface area contributed by atoms with Crippen molar-refractivity contribution in [3.8, 4) is 11.5 Å². The molecule has 0 spiro atoms. The first kappa shape index (κ1) is 44.1. The van der Waals surface area contributed by atoms with Crippen molar-refractivity contribution in [2.45, 2.75) is 163 Å². The summed E-state index contributed by atoms with van der Waals surface area (Å²) in [6.45, 7) is 8.17. The van der Waals surface area contributed by atoms with Gasteiger partial charge in [0.1, 0.15) is 16.9 Å². The Morgan fingerprint density at radius 1 is 0.500 bits per heavy atom. The van der Waals surface area contributed by atoms with Crippen LogP contribution in [0.25, 0.3) is 0 Å². The quantitative estimate of drug-likeness (QED) is 0.0342. The van der Waals surface area contributed by atoms with Gasteiger partial charge in [0.05, 0.1) is 11.1 Å². The van der Waals surface area contributed by atoms with Crippen molar-refractivity contribution in [2.75, 3.05) is 0 Å². The highest BCUT2D eigenvalue weighted by Gasteiger charge is 2.44. The van der Waals surface area contributed by atoms with Gasteiger partial charge in [-0.25, -0.2) is 0 Å². The zero-order chi connectivity index (χ0) is 38.2. The van der Waals surface area contributed by atoms with E-state index in [1.165, 1.54) is 37.8 Å².